The summed E-state index contributed by atoms with van der Waals surface area (Å²) in [6.45, 7) is 3.11. The molecule has 2 aromatic rings. The average Bonchev–Trinajstić information content (AvgIpc) is 3.36. The monoisotopic (exact) mass is 357 g/mol. The van der Waals surface area contributed by atoms with E-state index < -0.39 is 6.67 Å². The van der Waals surface area contributed by atoms with E-state index in [2.05, 4.69) is 12.0 Å². The second kappa shape index (κ2) is 6.74. The van der Waals surface area contributed by atoms with Crippen LogP contribution in [0.1, 0.15) is 44.7 Å². The van der Waals surface area contributed by atoms with Crippen molar-refractivity contribution in [1.82, 2.24) is 9.78 Å². The molecule has 0 radical (unpaired) electrons. The lowest BCUT2D eigenvalue weighted by molar-refractivity contribution is -0.117. The Kier molecular flexibility index (Phi) is 4.42. The average molecular weight is 357 g/mol. The quantitative estimate of drug-likeness (QED) is 0.815. The minimum atomic E-state index is -0.544. The molecule has 2 aliphatic rings. The largest absolute Gasteiger partial charge is 0.490 e. The van der Waals surface area contributed by atoms with Crippen LogP contribution in [-0.4, -0.2) is 35.0 Å². The van der Waals surface area contributed by atoms with Gasteiger partial charge in [-0.3, -0.25) is 9.48 Å². The van der Waals surface area contributed by atoms with Gasteiger partial charge in [-0.15, -0.1) is 0 Å². The van der Waals surface area contributed by atoms with Crippen molar-refractivity contribution in [2.75, 3.05) is 18.2 Å². The number of anilines is 1. The first-order valence-electron chi connectivity index (χ1n) is 9.29. The van der Waals surface area contributed by atoms with Crippen LogP contribution >= 0.6 is 0 Å². The van der Waals surface area contributed by atoms with Gasteiger partial charge in [-0.1, -0.05) is 0 Å². The summed E-state index contributed by atoms with van der Waals surface area (Å²) >= 11 is 0. The first-order valence-corrected chi connectivity index (χ1v) is 9.29. The van der Waals surface area contributed by atoms with E-state index in [0.717, 1.165) is 35.2 Å². The molecule has 1 aliphatic heterocycles. The molecular weight excluding hydrogens is 333 g/mol. The maximum absolute atomic E-state index is 12.8. The number of ether oxygens (including phenoxy) is 1. The zero-order chi connectivity index (χ0) is 18.3. The van der Waals surface area contributed by atoms with E-state index in [1.54, 1.807) is 6.92 Å². The Hall–Kier alpha value is -2.37. The van der Waals surface area contributed by atoms with Crippen LogP contribution in [0.5, 0.6) is 5.75 Å². The Bertz CT molecular complexity index is 828. The van der Waals surface area contributed by atoms with E-state index in [1.165, 1.54) is 12.8 Å². The molecule has 1 saturated carbocycles. The minimum Gasteiger partial charge on any atom is -0.490 e. The molecule has 0 bridgehead atoms. The van der Waals surface area contributed by atoms with Gasteiger partial charge in [0.1, 0.15) is 19.0 Å². The summed E-state index contributed by atoms with van der Waals surface area (Å²) in [6, 6.07) is 4.61. The van der Waals surface area contributed by atoms with Gasteiger partial charge in [-0.2, -0.15) is 5.10 Å². The molecule has 6 heteroatoms. The molecule has 5 nitrogen and oxygen atoms in total. The summed E-state index contributed by atoms with van der Waals surface area (Å²) < 4.78 is 20.7. The number of aromatic nitrogens is 2. The topological polar surface area (TPSA) is 47.4 Å². The summed E-state index contributed by atoms with van der Waals surface area (Å²) in [5, 5.41) is 4.47. The number of benzene rings is 1. The van der Waals surface area contributed by atoms with Crippen molar-refractivity contribution in [2.45, 2.75) is 51.6 Å². The van der Waals surface area contributed by atoms with Crippen molar-refractivity contribution in [3.8, 4) is 16.9 Å². The zero-order valence-corrected chi connectivity index (χ0v) is 15.2. The summed E-state index contributed by atoms with van der Waals surface area (Å²) in [7, 11) is 0. The third kappa shape index (κ3) is 2.97. The first kappa shape index (κ1) is 17.1. The van der Waals surface area contributed by atoms with E-state index in [1.807, 2.05) is 34.1 Å². The Morgan fingerprint density at radius 2 is 2.15 bits per heavy atom. The molecule has 0 spiro atoms. The molecular formula is C20H24FN3O2. The van der Waals surface area contributed by atoms with Gasteiger partial charge in [-0.05, 0) is 44.7 Å². The highest BCUT2D eigenvalue weighted by Crippen LogP contribution is 2.43. The van der Waals surface area contributed by atoms with Crippen molar-refractivity contribution >= 4 is 11.6 Å². The van der Waals surface area contributed by atoms with Crippen LogP contribution in [0.2, 0.25) is 0 Å². The zero-order valence-electron chi connectivity index (χ0n) is 15.2. The molecule has 1 fully saturated rings. The predicted octanol–water partition coefficient (Wildman–Crippen LogP) is 3.92. The SMILES string of the molecule is CC(=O)N1c2ccc(-c3cnn(C4CC4)c3)c(OCCF)c2CCC1C. The molecule has 1 aliphatic carbocycles. The highest BCUT2D eigenvalue weighted by Gasteiger charge is 2.30. The van der Waals surface area contributed by atoms with E-state index in [0.29, 0.717) is 11.8 Å². The Labute approximate surface area is 152 Å². The molecule has 26 heavy (non-hydrogen) atoms. The molecule has 138 valence electrons. The van der Waals surface area contributed by atoms with E-state index >= 15 is 0 Å². The van der Waals surface area contributed by atoms with Gasteiger partial charge >= 0.3 is 0 Å². The van der Waals surface area contributed by atoms with Crippen molar-refractivity contribution in [3.63, 3.8) is 0 Å². The number of hydrogen-bond acceptors (Lipinski definition) is 3. The van der Waals surface area contributed by atoms with Gasteiger partial charge in [0.25, 0.3) is 0 Å². The van der Waals surface area contributed by atoms with Crippen LogP contribution in [0.3, 0.4) is 0 Å². The molecule has 1 aromatic heterocycles. The molecule has 2 heterocycles. The van der Waals surface area contributed by atoms with Crippen molar-refractivity contribution in [1.29, 1.82) is 0 Å². The van der Waals surface area contributed by atoms with Gasteiger partial charge < -0.3 is 9.64 Å². The van der Waals surface area contributed by atoms with Gasteiger partial charge in [0.15, 0.2) is 0 Å². The molecule has 1 amide bonds. The molecule has 1 atom stereocenters. The predicted molar refractivity (Wildman–Crippen MR) is 98.3 cm³/mol. The van der Waals surface area contributed by atoms with Crippen LogP contribution in [0, 0.1) is 0 Å². The van der Waals surface area contributed by atoms with E-state index in [4.69, 9.17) is 4.74 Å². The van der Waals surface area contributed by atoms with Crippen molar-refractivity contribution < 1.29 is 13.9 Å². The van der Waals surface area contributed by atoms with Gasteiger partial charge in [0, 0.05) is 35.9 Å². The van der Waals surface area contributed by atoms with Crippen LogP contribution in [0.4, 0.5) is 10.1 Å². The maximum atomic E-state index is 12.8. The minimum absolute atomic E-state index is 0.00976. The van der Waals surface area contributed by atoms with Gasteiger partial charge in [-0.25, -0.2) is 4.39 Å². The lowest BCUT2D eigenvalue weighted by Gasteiger charge is -2.36. The maximum Gasteiger partial charge on any atom is 0.224 e. The second-order valence-electron chi connectivity index (χ2n) is 7.19. The number of fused-ring (bicyclic) bond motifs is 1. The fourth-order valence-corrected chi connectivity index (χ4v) is 3.83. The number of halogens is 1. The van der Waals surface area contributed by atoms with Gasteiger partial charge in [0.05, 0.1) is 17.9 Å². The summed E-state index contributed by atoms with van der Waals surface area (Å²) in [5.41, 5.74) is 3.76. The lowest BCUT2D eigenvalue weighted by atomic mass is 9.92. The molecule has 1 unspecified atom stereocenters. The number of hydrogen-bond donors (Lipinski definition) is 0. The molecule has 0 saturated heterocycles. The van der Waals surface area contributed by atoms with Crippen LogP contribution in [0.15, 0.2) is 24.5 Å². The fraction of sp³-hybridized carbons (Fsp3) is 0.500. The summed E-state index contributed by atoms with van der Waals surface area (Å²) in [5.74, 6) is 0.706. The van der Waals surface area contributed by atoms with Crippen LogP contribution in [-0.2, 0) is 11.2 Å². The highest BCUT2D eigenvalue weighted by atomic mass is 19.1. The molecule has 0 N–H and O–H groups in total. The smallest absolute Gasteiger partial charge is 0.224 e. The van der Waals surface area contributed by atoms with E-state index in [-0.39, 0.29) is 18.6 Å². The number of carbonyl (C=O) groups excluding carboxylic acids is 1. The van der Waals surface area contributed by atoms with Crippen molar-refractivity contribution in [3.05, 3.63) is 30.1 Å². The third-order valence-corrected chi connectivity index (χ3v) is 5.24. The van der Waals surface area contributed by atoms with Gasteiger partial charge in [0.2, 0.25) is 5.91 Å². The summed E-state index contributed by atoms with van der Waals surface area (Å²) in [4.78, 5) is 14.0. The normalized spacial score (nSPS) is 19.3. The van der Waals surface area contributed by atoms with E-state index in [9.17, 15) is 9.18 Å². The molecule has 4 rings (SSSR count). The van der Waals surface area contributed by atoms with Crippen molar-refractivity contribution in [2.24, 2.45) is 0 Å². The lowest BCUT2D eigenvalue weighted by Crippen LogP contribution is -2.40. The number of nitrogens with zero attached hydrogens (tertiary/aromatic N) is 3. The molecule has 1 aromatic carbocycles. The number of rotatable bonds is 5. The Balaban J connectivity index is 1.80. The van der Waals surface area contributed by atoms with Crippen LogP contribution in [0.25, 0.3) is 11.1 Å². The highest BCUT2D eigenvalue weighted by molar-refractivity contribution is 5.95. The van der Waals surface area contributed by atoms with Crippen LogP contribution < -0.4 is 9.64 Å². The summed E-state index contributed by atoms with van der Waals surface area (Å²) in [6.07, 6.45) is 7.90. The second-order valence-corrected chi connectivity index (χ2v) is 7.19. The number of carbonyl (C=O) groups is 1. The third-order valence-electron chi connectivity index (χ3n) is 5.24. The first-order chi connectivity index (χ1) is 12.6. The number of alkyl halides is 1. The number of amides is 1. The Morgan fingerprint density at radius 3 is 2.85 bits per heavy atom. The fourth-order valence-electron chi connectivity index (χ4n) is 3.83. The Morgan fingerprint density at radius 1 is 1.35 bits per heavy atom. The standard InChI is InChI=1S/C20H24FN3O2/c1-13-3-6-18-19(24(13)14(2)25)8-7-17(20(18)26-10-9-21)15-11-22-23(12-15)16-4-5-16/h7-8,11-13,16H,3-6,9-10H2,1-2H3.